The number of anilines is 1. The van der Waals surface area contributed by atoms with E-state index in [1.54, 1.807) is 47.6 Å². The van der Waals surface area contributed by atoms with Crippen molar-refractivity contribution in [1.82, 2.24) is 9.55 Å². The highest BCUT2D eigenvalue weighted by Gasteiger charge is 2.34. The summed E-state index contributed by atoms with van der Waals surface area (Å²) in [6.07, 6.45) is -1.23. The molecule has 0 spiro atoms. The van der Waals surface area contributed by atoms with Crippen molar-refractivity contribution in [3.05, 3.63) is 23.3 Å². The summed E-state index contributed by atoms with van der Waals surface area (Å²) < 4.78 is 61.3. The van der Waals surface area contributed by atoms with Gasteiger partial charge in [-0.25, -0.2) is 28.0 Å². The Kier molecular flexibility index (Phi) is 10.8. The van der Waals surface area contributed by atoms with Crippen LogP contribution in [0.3, 0.4) is 0 Å². The summed E-state index contributed by atoms with van der Waals surface area (Å²) in [4.78, 5) is 47.9. The Morgan fingerprint density at radius 1 is 1.10 bits per heavy atom. The number of halogens is 2. The normalized spacial score (nSPS) is 12.3. The van der Waals surface area contributed by atoms with Gasteiger partial charge in [0, 0.05) is 12.0 Å². The number of amides is 1. The molecule has 2 N–H and O–H groups in total. The lowest BCUT2D eigenvalue weighted by Crippen LogP contribution is -2.40. The van der Waals surface area contributed by atoms with Gasteiger partial charge in [-0.15, -0.1) is 0 Å². The molecule has 2 aromatic rings. The number of carbonyl (C=O) groups excluding carboxylic acids is 2. The molecule has 1 heterocycles. The van der Waals surface area contributed by atoms with Gasteiger partial charge in [-0.05, 0) is 32.3 Å². The molecule has 2 rings (SSSR count). The number of rotatable bonds is 11. The van der Waals surface area contributed by atoms with E-state index in [9.17, 15) is 23.8 Å². The van der Waals surface area contributed by atoms with Crippen molar-refractivity contribution in [3.63, 3.8) is 0 Å². The fourth-order valence-electron chi connectivity index (χ4n) is 3.51. The lowest BCUT2D eigenvalue weighted by Gasteiger charge is -2.30. The molecule has 16 heteroatoms. The molecule has 1 aromatic carbocycles. The highest BCUT2D eigenvalue weighted by Crippen LogP contribution is 2.36. The van der Waals surface area contributed by atoms with Crippen molar-refractivity contribution in [2.24, 2.45) is 5.41 Å². The van der Waals surface area contributed by atoms with Crippen LogP contribution in [0.5, 0.6) is 0 Å². The number of carbonyl (C=O) groups is 2. The first kappa shape index (κ1) is 33.1. The van der Waals surface area contributed by atoms with Crippen LogP contribution in [0, 0.1) is 28.4 Å². The van der Waals surface area contributed by atoms with Crippen LogP contribution in [0.4, 0.5) is 19.5 Å². The molecule has 1 aromatic heterocycles. The lowest BCUT2D eigenvalue weighted by molar-refractivity contribution is -0.121. The van der Waals surface area contributed by atoms with Gasteiger partial charge in [0.15, 0.2) is 18.4 Å². The first-order chi connectivity index (χ1) is 18.4. The van der Waals surface area contributed by atoms with Crippen molar-refractivity contribution in [2.45, 2.75) is 53.5 Å². The number of benzene rings is 1. The fourth-order valence-corrected chi connectivity index (χ4v) is 3.82. The zero-order valence-corrected chi connectivity index (χ0v) is 24.0. The summed E-state index contributed by atoms with van der Waals surface area (Å²) in [6.45, 7) is 8.69. The Hall–Kier alpha value is -3.15. The molecule has 13 nitrogen and oxygen atoms in total. The van der Waals surface area contributed by atoms with Crippen molar-refractivity contribution >= 4 is 36.9 Å². The van der Waals surface area contributed by atoms with Gasteiger partial charge in [0.2, 0.25) is 11.9 Å². The Balaban J connectivity index is 2.30. The van der Waals surface area contributed by atoms with E-state index in [2.05, 4.69) is 9.51 Å². The summed E-state index contributed by atoms with van der Waals surface area (Å²) in [5.41, 5.74) is -2.75. The van der Waals surface area contributed by atoms with Crippen molar-refractivity contribution in [3.8, 4) is 6.07 Å². The molecule has 0 saturated carbocycles. The lowest BCUT2D eigenvalue weighted by atomic mass is 9.92. The largest absolute Gasteiger partial charge is 0.510 e. The molecule has 0 aliphatic heterocycles. The Bertz CT molecular complexity index is 1320. The maximum Gasteiger partial charge on any atom is 0.510 e. The van der Waals surface area contributed by atoms with Crippen LogP contribution in [0.1, 0.15) is 53.5 Å². The number of fused-ring (bicyclic) bond motifs is 1. The van der Waals surface area contributed by atoms with Crippen LogP contribution in [0.2, 0.25) is 0 Å². The van der Waals surface area contributed by atoms with E-state index in [0.717, 1.165) is 11.0 Å². The number of phosphoric acid groups is 1. The monoisotopic (exact) mass is 590 g/mol. The smallest absolute Gasteiger partial charge is 0.432 e. The maximum absolute atomic E-state index is 15.3. The van der Waals surface area contributed by atoms with Gasteiger partial charge in [-0.2, -0.15) is 5.26 Å². The summed E-state index contributed by atoms with van der Waals surface area (Å²) in [5, 5.41) is 9.27. The van der Waals surface area contributed by atoms with E-state index in [4.69, 9.17) is 24.0 Å². The van der Waals surface area contributed by atoms with E-state index in [-0.39, 0.29) is 44.3 Å². The molecule has 1 amide bonds. The Labute approximate surface area is 229 Å². The second-order valence-electron chi connectivity index (χ2n) is 10.8. The Morgan fingerprint density at radius 2 is 1.73 bits per heavy atom. The first-order valence-electron chi connectivity index (χ1n) is 12.0. The average molecular weight is 591 g/mol. The van der Waals surface area contributed by atoms with Crippen molar-refractivity contribution in [1.29, 1.82) is 5.26 Å². The third kappa shape index (κ3) is 9.21. The van der Waals surface area contributed by atoms with Gasteiger partial charge in [0.05, 0.1) is 25.4 Å². The van der Waals surface area contributed by atoms with E-state index < -0.39 is 60.3 Å². The number of hydrogen-bond acceptors (Lipinski definition) is 9. The zero-order chi connectivity index (χ0) is 30.5. The first-order valence-corrected chi connectivity index (χ1v) is 13.6. The van der Waals surface area contributed by atoms with Gasteiger partial charge >= 0.3 is 14.0 Å². The molecule has 0 aliphatic rings. The summed E-state index contributed by atoms with van der Waals surface area (Å²) in [6, 6.07) is 2.33. The van der Waals surface area contributed by atoms with E-state index >= 15 is 4.39 Å². The van der Waals surface area contributed by atoms with Crippen LogP contribution >= 0.6 is 7.82 Å². The van der Waals surface area contributed by atoms with Crippen LogP contribution in [-0.4, -0.2) is 64.6 Å². The van der Waals surface area contributed by atoms with E-state index in [0.29, 0.717) is 0 Å². The standard InChI is InChI=1S/C24H33F2N4O9P/c1-23(2,3)12-17(31)29(14-38-22(32)37-9-7-36-8-10-39-40(33,34)35)21-28-19-16(25)11-15(13-27)18(26)20(19)30(21)24(4,5)6/h11H,7-10,12,14H2,1-6H3,(H2,33,34,35). The van der Waals surface area contributed by atoms with Gasteiger partial charge in [0.25, 0.3) is 0 Å². The van der Waals surface area contributed by atoms with E-state index in [1.807, 2.05) is 0 Å². The van der Waals surface area contributed by atoms with Gasteiger partial charge < -0.3 is 28.6 Å². The number of aromatic nitrogens is 2. The molecule has 0 aliphatic carbocycles. The molecule has 222 valence electrons. The second-order valence-corrected chi connectivity index (χ2v) is 12.1. The van der Waals surface area contributed by atoms with Gasteiger partial charge in [-0.3, -0.25) is 9.32 Å². The minimum Gasteiger partial charge on any atom is -0.432 e. The number of ether oxygens (including phenoxy) is 3. The fraction of sp³-hybridized carbons (Fsp3) is 0.583. The van der Waals surface area contributed by atoms with Crippen molar-refractivity contribution in [2.75, 3.05) is 38.1 Å². The minimum absolute atomic E-state index is 0.0440. The SMILES string of the molecule is CC(C)(C)CC(=O)N(COC(=O)OCCOCCOP(=O)(O)O)c1nc2c(F)cc(C#N)c(F)c2n1C(C)(C)C. The predicted octanol–water partition coefficient (Wildman–Crippen LogP) is 3.95. The Morgan fingerprint density at radius 3 is 2.27 bits per heavy atom. The highest BCUT2D eigenvalue weighted by atomic mass is 31.2. The molecule has 0 radical (unpaired) electrons. The molecule has 40 heavy (non-hydrogen) atoms. The van der Waals surface area contributed by atoms with Crippen LogP contribution in [0.15, 0.2) is 6.07 Å². The molecule has 0 atom stereocenters. The number of nitriles is 1. The molecule has 0 saturated heterocycles. The molecule has 0 bridgehead atoms. The number of nitrogens with zero attached hydrogens (tertiary/aromatic N) is 4. The van der Waals surface area contributed by atoms with E-state index in [1.165, 1.54) is 4.57 Å². The van der Waals surface area contributed by atoms with Gasteiger partial charge in [-0.1, -0.05) is 20.8 Å². The maximum atomic E-state index is 15.3. The predicted molar refractivity (Wildman–Crippen MR) is 137 cm³/mol. The van der Waals surface area contributed by atoms with Crippen molar-refractivity contribution < 1.29 is 51.5 Å². The van der Waals surface area contributed by atoms with Crippen LogP contribution in [-0.2, 0) is 33.6 Å². The second kappa shape index (κ2) is 13.0. The summed E-state index contributed by atoms with van der Waals surface area (Å²) in [5.74, 6) is -2.74. The molecule has 0 fully saturated rings. The average Bonchev–Trinajstić information content (AvgIpc) is 3.21. The number of imidazole rings is 1. The van der Waals surface area contributed by atoms with Crippen LogP contribution in [0.25, 0.3) is 11.0 Å². The number of phosphoric ester groups is 1. The zero-order valence-electron chi connectivity index (χ0n) is 23.1. The minimum atomic E-state index is -4.62. The third-order valence-corrected chi connectivity index (χ3v) is 5.58. The molecular weight excluding hydrogens is 557 g/mol. The molecular formula is C24H33F2N4O9P. The summed E-state index contributed by atoms with van der Waals surface area (Å²) in [7, 11) is -4.62. The highest BCUT2D eigenvalue weighted by molar-refractivity contribution is 7.46. The van der Waals surface area contributed by atoms with Gasteiger partial charge in [0.1, 0.15) is 23.7 Å². The summed E-state index contributed by atoms with van der Waals surface area (Å²) >= 11 is 0. The topological polar surface area (TPSA) is 173 Å². The quantitative estimate of drug-likeness (QED) is 0.168. The number of hydrogen-bond donors (Lipinski definition) is 2. The van der Waals surface area contributed by atoms with Crippen LogP contribution < -0.4 is 4.90 Å². The molecule has 0 unspecified atom stereocenters. The third-order valence-electron chi connectivity index (χ3n) is 5.06.